The highest BCUT2D eigenvalue weighted by Crippen LogP contribution is 2.23. The zero-order valence-corrected chi connectivity index (χ0v) is 15.8. The van der Waals surface area contributed by atoms with Crippen molar-refractivity contribution >= 4 is 23.0 Å². The van der Waals surface area contributed by atoms with Gasteiger partial charge >= 0.3 is 5.97 Å². The minimum absolute atomic E-state index is 0.181. The van der Waals surface area contributed by atoms with Gasteiger partial charge < -0.3 is 9.64 Å². The summed E-state index contributed by atoms with van der Waals surface area (Å²) >= 11 is 1.55. The second-order valence-electron chi connectivity index (χ2n) is 5.81. The van der Waals surface area contributed by atoms with Crippen molar-refractivity contribution in [2.75, 3.05) is 18.0 Å². The topological polar surface area (TPSA) is 42.4 Å². The van der Waals surface area contributed by atoms with Gasteiger partial charge in [0.1, 0.15) is 11.6 Å². The fraction of sp³-hybridized carbons (Fsp3) is 0.238. The fourth-order valence-corrected chi connectivity index (χ4v) is 3.52. The lowest BCUT2D eigenvalue weighted by Gasteiger charge is -2.20. The van der Waals surface area contributed by atoms with Crippen LogP contribution in [0.4, 0.5) is 5.69 Å². The number of carbonyl (C=O) groups excluding carboxylic acids is 1. The number of nitrogens with zero attached hydrogens (tertiary/aromatic N) is 2. The SMILES string of the molecule is CCN(CC)c1ccc(C(=O)OCc2csc(-c3ccccc3)n2)cc1. The van der Waals surface area contributed by atoms with E-state index in [2.05, 4.69) is 23.7 Å². The van der Waals surface area contributed by atoms with Crippen LogP contribution in [-0.2, 0) is 11.3 Å². The van der Waals surface area contributed by atoms with Gasteiger partial charge in [0.2, 0.25) is 0 Å². The molecule has 0 atom stereocenters. The molecular weight excluding hydrogens is 344 g/mol. The summed E-state index contributed by atoms with van der Waals surface area (Å²) < 4.78 is 5.41. The van der Waals surface area contributed by atoms with Gasteiger partial charge in [-0.2, -0.15) is 0 Å². The summed E-state index contributed by atoms with van der Waals surface area (Å²) in [4.78, 5) is 19.0. The summed E-state index contributed by atoms with van der Waals surface area (Å²) in [5.41, 5.74) is 3.50. The van der Waals surface area contributed by atoms with Gasteiger partial charge in [-0.1, -0.05) is 30.3 Å². The maximum Gasteiger partial charge on any atom is 0.338 e. The molecule has 26 heavy (non-hydrogen) atoms. The number of rotatable bonds is 7. The summed E-state index contributed by atoms with van der Waals surface area (Å²) in [5, 5.41) is 2.86. The van der Waals surface area contributed by atoms with Crippen molar-refractivity contribution < 1.29 is 9.53 Å². The van der Waals surface area contributed by atoms with E-state index >= 15 is 0 Å². The highest BCUT2D eigenvalue weighted by molar-refractivity contribution is 7.13. The Labute approximate surface area is 158 Å². The quantitative estimate of drug-likeness (QED) is 0.551. The van der Waals surface area contributed by atoms with Crippen molar-refractivity contribution in [1.29, 1.82) is 0 Å². The first kappa shape index (κ1) is 18.1. The molecule has 3 aromatic rings. The number of benzene rings is 2. The molecule has 0 aliphatic heterocycles. The van der Waals surface area contributed by atoms with Gasteiger partial charge in [0.25, 0.3) is 0 Å². The minimum atomic E-state index is -0.328. The molecule has 0 aliphatic rings. The zero-order chi connectivity index (χ0) is 18.4. The lowest BCUT2D eigenvalue weighted by Crippen LogP contribution is -2.21. The molecule has 4 nitrogen and oxygen atoms in total. The maximum absolute atomic E-state index is 12.3. The number of aromatic nitrogens is 1. The average Bonchev–Trinajstić information content (AvgIpc) is 3.17. The van der Waals surface area contributed by atoms with Crippen molar-refractivity contribution in [1.82, 2.24) is 4.98 Å². The largest absolute Gasteiger partial charge is 0.456 e. The number of esters is 1. The molecule has 0 aliphatic carbocycles. The first-order valence-electron chi connectivity index (χ1n) is 8.73. The molecule has 0 N–H and O–H groups in total. The smallest absolute Gasteiger partial charge is 0.338 e. The molecule has 0 amide bonds. The maximum atomic E-state index is 12.3. The van der Waals surface area contributed by atoms with E-state index in [1.165, 1.54) is 0 Å². The van der Waals surface area contributed by atoms with Crippen LogP contribution in [0.5, 0.6) is 0 Å². The summed E-state index contributed by atoms with van der Waals surface area (Å²) in [6.07, 6.45) is 0. The van der Waals surface area contributed by atoms with Gasteiger partial charge in [0.05, 0.1) is 11.3 Å². The number of anilines is 1. The standard InChI is InChI=1S/C21H22N2O2S/c1-3-23(4-2)19-12-10-17(11-13-19)21(24)25-14-18-15-26-20(22-18)16-8-6-5-7-9-16/h5-13,15H,3-4,14H2,1-2H3. The van der Waals surface area contributed by atoms with Gasteiger partial charge in [-0.3, -0.25) is 0 Å². The second-order valence-corrected chi connectivity index (χ2v) is 6.66. The lowest BCUT2D eigenvalue weighted by atomic mass is 10.2. The molecule has 0 saturated carbocycles. The van der Waals surface area contributed by atoms with E-state index in [9.17, 15) is 4.79 Å². The Kier molecular flexibility index (Phi) is 6.02. The van der Waals surface area contributed by atoms with Crippen molar-refractivity contribution in [3.63, 3.8) is 0 Å². The molecule has 0 saturated heterocycles. The Morgan fingerprint density at radius 3 is 2.38 bits per heavy atom. The van der Waals surface area contributed by atoms with Crippen LogP contribution in [-0.4, -0.2) is 24.0 Å². The third-order valence-corrected chi connectivity index (χ3v) is 5.10. The highest BCUT2D eigenvalue weighted by atomic mass is 32.1. The molecule has 3 rings (SSSR count). The molecule has 2 aromatic carbocycles. The lowest BCUT2D eigenvalue weighted by molar-refractivity contribution is 0.0468. The van der Waals surface area contributed by atoms with E-state index in [0.29, 0.717) is 5.56 Å². The van der Waals surface area contributed by atoms with E-state index in [0.717, 1.165) is 35.0 Å². The third kappa shape index (κ3) is 4.29. The number of hydrogen-bond donors (Lipinski definition) is 0. The Morgan fingerprint density at radius 2 is 1.73 bits per heavy atom. The van der Waals surface area contributed by atoms with Crippen LogP contribution in [0.1, 0.15) is 29.9 Å². The number of thiazole rings is 1. The predicted molar refractivity (Wildman–Crippen MR) is 107 cm³/mol. The van der Waals surface area contributed by atoms with Crippen LogP contribution in [0, 0.1) is 0 Å². The van der Waals surface area contributed by atoms with E-state index in [1.807, 2.05) is 60.0 Å². The molecule has 0 spiro atoms. The fourth-order valence-electron chi connectivity index (χ4n) is 2.71. The summed E-state index contributed by atoms with van der Waals surface area (Å²) in [6.45, 7) is 6.29. The van der Waals surface area contributed by atoms with Crippen LogP contribution in [0.15, 0.2) is 60.0 Å². The van der Waals surface area contributed by atoms with Crippen molar-refractivity contribution in [3.05, 3.63) is 71.2 Å². The van der Waals surface area contributed by atoms with Crippen LogP contribution >= 0.6 is 11.3 Å². The second kappa shape index (κ2) is 8.63. The van der Waals surface area contributed by atoms with Crippen LogP contribution in [0.2, 0.25) is 0 Å². The summed E-state index contributed by atoms with van der Waals surface area (Å²) in [6, 6.07) is 17.5. The van der Waals surface area contributed by atoms with E-state index in [1.54, 1.807) is 11.3 Å². The van der Waals surface area contributed by atoms with E-state index in [-0.39, 0.29) is 12.6 Å². The van der Waals surface area contributed by atoms with Gasteiger partial charge in [-0.05, 0) is 38.1 Å². The van der Waals surface area contributed by atoms with Crippen LogP contribution in [0.3, 0.4) is 0 Å². The Morgan fingerprint density at radius 1 is 1.04 bits per heavy atom. The molecule has 0 fully saturated rings. The Hall–Kier alpha value is -2.66. The molecule has 134 valence electrons. The molecule has 1 aromatic heterocycles. The number of carbonyl (C=O) groups is 1. The molecular formula is C21H22N2O2S. The minimum Gasteiger partial charge on any atom is -0.456 e. The third-order valence-electron chi connectivity index (χ3n) is 4.16. The van der Waals surface area contributed by atoms with Crippen molar-refractivity contribution in [2.24, 2.45) is 0 Å². The van der Waals surface area contributed by atoms with E-state index < -0.39 is 0 Å². The average molecular weight is 366 g/mol. The normalized spacial score (nSPS) is 10.5. The Balaban J connectivity index is 1.60. The monoisotopic (exact) mass is 366 g/mol. The Bertz CT molecular complexity index is 840. The number of ether oxygens (including phenoxy) is 1. The van der Waals surface area contributed by atoms with Crippen LogP contribution in [0.25, 0.3) is 10.6 Å². The van der Waals surface area contributed by atoms with Gasteiger partial charge in [-0.25, -0.2) is 9.78 Å². The van der Waals surface area contributed by atoms with Crippen molar-refractivity contribution in [3.8, 4) is 10.6 Å². The van der Waals surface area contributed by atoms with E-state index in [4.69, 9.17) is 4.74 Å². The molecule has 0 radical (unpaired) electrons. The van der Waals surface area contributed by atoms with Gasteiger partial charge in [-0.15, -0.1) is 11.3 Å². The molecule has 0 bridgehead atoms. The highest BCUT2D eigenvalue weighted by Gasteiger charge is 2.11. The van der Waals surface area contributed by atoms with Crippen molar-refractivity contribution in [2.45, 2.75) is 20.5 Å². The molecule has 1 heterocycles. The first-order valence-corrected chi connectivity index (χ1v) is 9.61. The molecule has 5 heteroatoms. The van der Waals surface area contributed by atoms with Crippen LogP contribution < -0.4 is 4.90 Å². The number of hydrogen-bond acceptors (Lipinski definition) is 5. The summed E-state index contributed by atoms with van der Waals surface area (Å²) in [7, 11) is 0. The van der Waals surface area contributed by atoms with Gasteiger partial charge in [0.15, 0.2) is 0 Å². The zero-order valence-electron chi connectivity index (χ0n) is 15.0. The van der Waals surface area contributed by atoms with Gasteiger partial charge in [0, 0.05) is 29.7 Å². The summed E-state index contributed by atoms with van der Waals surface area (Å²) in [5.74, 6) is -0.328. The first-order chi connectivity index (χ1) is 12.7. The predicted octanol–water partition coefficient (Wildman–Crippen LogP) is 5.01. The molecule has 0 unspecified atom stereocenters.